The molecule has 14 heavy (non-hydrogen) atoms. The number of H-pyrrole nitrogens is 1. The molecule has 0 amide bonds. The van der Waals surface area contributed by atoms with E-state index in [9.17, 15) is 0 Å². The lowest BCUT2D eigenvalue weighted by Crippen LogP contribution is -1.87. The van der Waals surface area contributed by atoms with Crippen LogP contribution in [0, 0.1) is 0 Å². The first kappa shape index (κ1) is 9.09. The predicted octanol–water partition coefficient (Wildman–Crippen LogP) is 2.74. The molecule has 0 bridgehead atoms. The minimum Gasteiger partial charge on any atom is -0.496 e. The van der Waals surface area contributed by atoms with Crippen molar-refractivity contribution < 1.29 is 4.74 Å². The van der Waals surface area contributed by atoms with Gasteiger partial charge in [-0.3, -0.25) is 0 Å². The van der Waals surface area contributed by atoms with Gasteiger partial charge in [-0.25, -0.2) is 4.98 Å². The Morgan fingerprint density at radius 1 is 1.43 bits per heavy atom. The summed E-state index contributed by atoms with van der Waals surface area (Å²) in [4.78, 5) is 6.96. The van der Waals surface area contributed by atoms with Crippen LogP contribution in [0.5, 0.6) is 5.75 Å². The Morgan fingerprint density at radius 3 is 2.93 bits per heavy atom. The molecular formula is C10H9ClN2O. The molecule has 1 aromatic carbocycles. The molecule has 72 valence electrons. The lowest BCUT2D eigenvalue weighted by Gasteiger charge is -2.06. The Labute approximate surface area is 86.7 Å². The van der Waals surface area contributed by atoms with E-state index in [-0.39, 0.29) is 0 Å². The number of nitrogens with zero attached hydrogens (tertiary/aromatic N) is 1. The van der Waals surface area contributed by atoms with Crippen LogP contribution in [0.1, 0.15) is 0 Å². The number of hydrogen-bond donors (Lipinski definition) is 1. The number of aromatic amines is 1. The molecule has 0 aliphatic rings. The maximum absolute atomic E-state index is 5.90. The second-order valence-electron chi connectivity index (χ2n) is 2.81. The van der Waals surface area contributed by atoms with Gasteiger partial charge in [-0.15, -0.1) is 0 Å². The molecule has 0 unspecified atom stereocenters. The third-order valence-corrected chi connectivity index (χ3v) is 2.19. The van der Waals surface area contributed by atoms with Crippen molar-refractivity contribution in [2.45, 2.75) is 0 Å². The zero-order chi connectivity index (χ0) is 9.97. The smallest absolute Gasteiger partial charge is 0.128 e. The van der Waals surface area contributed by atoms with E-state index >= 15 is 0 Å². The van der Waals surface area contributed by atoms with Crippen LogP contribution in [0.2, 0.25) is 5.02 Å². The van der Waals surface area contributed by atoms with Crippen LogP contribution in [0.15, 0.2) is 30.7 Å². The number of rotatable bonds is 2. The fraction of sp³-hybridized carbons (Fsp3) is 0.100. The molecule has 0 atom stereocenters. The average molecular weight is 209 g/mol. The van der Waals surface area contributed by atoms with E-state index in [1.165, 1.54) is 0 Å². The summed E-state index contributed by atoms with van der Waals surface area (Å²) < 4.78 is 5.22. The molecular weight excluding hydrogens is 200 g/mol. The van der Waals surface area contributed by atoms with E-state index in [0.717, 1.165) is 17.0 Å². The summed E-state index contributed by atoms with van der Waals surface area (Å²) in [5, 5.41) is 0.676. The highest BCUT2D eigenvalue weighted by Crippen LogP contribution is 2.30. The topological polar surface area (TPSA) is 37.9 Å². The van der Waals surface area contributed by atoms with Crippen molar-refractivity contribution in [3.8, 4) is 17.0 Å². The maximum atomic E-state index is 5.90. The summed E-state index contributed by atoms with van der Waals surface area (Å²) in [5.41, 5.74) is 1.81. The highest BCUT2D eigenvalue weighted by molar-refractivity contribution is 6.30. The van der Waals surface area contributed by atoms with Crippen molar-refractivity contribution in [1.82, 2.24) is 9.97 Å². The normalized spacial score (nSPS) is 10.1. The lowest BCUT2D eigenvalue weighted by atomic mass is 10.1. The fourth-order valence-corrected chi connectivity index (χ4v) is 1.47. The van der Waals surface area contributed by atoms with E-state index in [1.54, 1.807) is 25.7 Å². The summed E-state index contributed by atoms with van der Waals surface area (Å²) in [5.74, 6) is 0.777. The van der Waals surface area contributed by atoms with E-state index in [1.807, 2.05) is 12.1 Å². The summed E-state index contributed by atoms with van der Waals surface area (Å²) in [6.45, 7) is 0. The quantitative estimate of drug-likeness (QED) is 0.824. The third kappa shape index (κ3) is 1.59. The number of aromatic nitrogens is 2. The van der Waals surface area contributed by atoms with Crippen molar-refractivity contribution in [3.05, 3.63) is 35.7 Å². The fourth-order valence-electron chi connectivity index (χ4n) is 1.29. The summed E-state index contributed by atoms with van der Waals surface area (Å²) in [7, 11) is 1.63. The molecule has 1 N–H and O–H groups in total. The van der Waals surface area contributed by atoms with Crippen molar-refractivity contribution in [2.24, 2.45) is 0 Å². The van der Waals surface area contributed by atoms with Crippen LogP contribution in [-0.2, 0) is 0 Å². The third-order valence-electron chi connectivity index (χ3n) is 1.95. The molecule has 2 rings (SSSR count). The van der Waals surface area contributed by atoms with Gasteiger partial charge in [0, 0.05) is 10.6 Å². The summed E-state index contributed by atoms with van der Waals surface area (Å²) in [6.07, 6.45) is 3.35. The van der Waals surface area contributed by atoms with Crippen LogP contribution in [0.3, 0.4) is 0 Å². The van der Waals surface area contributed by atoms with Crippen LogP contribution in [-0.4, -0.2) is 17.1 Å². The van der Waals surface area contributed by atoms with Gasteiger partial charge in [-0.2, -0.15) is 0 Å². The summed E-state index contributed by atoms with van der Waals surface area (Å²) >= 11 is 5.90. The Morgan fingerprint density at radius 2 is 2.29 bits per heavy atom. The van der Waals surface area contributed by atoms with E-state index in [0.29, 0.717) is 5.02 Å². The highest BCUT2D eigenvalue weighted by atomic mass is 35.5. The first-order valence-corrected chi connectivity index (χ1v) is 4.51. The first-order valence-electron chi connectivity index (χ1n) is 4.13. The van der Waals surface area contributed by atoms with E-state index in [2.05, 4.69) is 9.97 Å². The lowest BCUT2D eigenvalue weighted by molar-refractivity contribution is 0.416. The van der Waals surface area contributed by atoms with E-state index < -0.39 is 0 Å². The van der Waals surface area contributed by atoms with Crippen molar-refractivity contribution in [2.75, 3.05) is 7.11 Å². The molecule has 0 fully saturated rings. The number of methoxy groups -OCH3 is 1. The molecule has 0 radical (unpaired) electrons. The van der Waals surface area contributed by atoms with Gasteiger partial charge in [0.1, 0.15) is 5.75 Å². The SMILES string of the molecule is COc1ccc(Cl)cc1-c1cnc[nH]1. The molecule has 1 aromatic heterocycles. The van der Waals surface area contributed by atoms with Gasteiger partial charge in [0.15, 0.2) is 0 Å². The van der Waals surface area contributed by atoms with Crippen LogP contribution < -0.4 is 4.74 Å². The van der Waals surface area contributed by atoms with Gasteiger partial charge in [0.2, 0.25) is 0 Å². The largest absolute Gasteiger partial charge is 0.496 e. The van der Waals surface area contributed by atoms with Gasteiger partial charge in [-0.05, 0) is 18.2 Å². The van der Waals surface area contributed by atoms with Crippen molar-refractivity contribution >= 4 is 11.6 Å². The van der Waals surface area contributed by atoms with Gasteiger partial charge in [0.05, 0.1) is 25.3 Å². The zero-order valence-electron chi connectivity index (χ0n) is 7.62. The monoisotopic (exact) mass is 208 g/mol. The second-order valence-corrected chi connectivity index (χ2v) is 3.25. The standard InChI is InChI=1S/C10H9ClN2O/c1-14-10-3-2-7(11)4-8(10)9-5-12-6-13-9/h2-6H,1H3,(H,12,13). The number of benzene rings is 1. The van der Waals surface area contributed by atoms with Crippen LogP contribution in [0.25, 0.3) is 11.3 Å². The number of halogens is 1. The second kappa shape index (κ2) is 3.72. The molecule has 0 spiro atoms. The van der Waals surface area contributed by atoms with Gasteiger partial charge in [-0.1, -0.05) is 11.6 Å². The number of nitrogens with one attached hydrogen (secondary N) is 1. The molecule has 4 heteroatoms. The molecule has 0 aliphatic heterocycles. The zero-order valence-corrected chi connectivity index (χ0v) is 8.38. The maximum Gasteiger partial charge on any atom is 0.128 e. The molecule has 1 heterocycles. The Hall–Kier alpha value is -1.48. The van der Waals surface area contributed by atoms with Gasteiger partial charge in [0.25, 0.3) is 0 Å². The number of imidazole rings is 1. The number of ether oxygens (including phenoxy) is 1. The molecule has 0 aliphatic carbocycles. The molecule has 0 saturated heterocycles. The van der Waals surface area contributed by atoms with Crippen LogP contribution in [0.4, 0.5) is 0 Å². The summed E-state index contributed by atoms with van der Waals surface area (Å²) in [6, 6.07) is 5.46. The molecule has 0 saturated carbocycles. The van der Waals surface area contributed by atoms with Gasteiger partial charge < -0.3 is 9.72 Å². The highest BCUT2D eigenvalue weighted by Gasteiger charge is 2.06. The Balaban J connectivity index is 2.55. The Bertz CT molecular complexity index is 426. The minimum absolute atomic E-state index is 0.676. The Kier molecular flexibility index (Phi) is 2.41. The van der Waals surface area contributed by atoms with Gasteiger partial charge >= 0.3 is 0 Å². The predicted molar refractivity (Wildman–Crippen MR) is 55.6 cm³/mol. The van der Waals surface area contributed by atoms with E-state index in [4.69, 9.17) is 16.3 Å². The van der Waals surface area contributed by atoms with Crippen LogP contribution >= 0.6 is 11.6 Å². The molecule has 3 nitrogen and oxygen atoms in total. The van der Waals surface area contributed by atoms with Crippen molar-refractivity contribution in [1.29, 1.82) is 0 Å². The first-order chi connectivity index (χ1) is 6.81. The molecule has 2 aromatic rings. The van der Waals surface area contributed by atoms with Crippen molar-refractivity contribution in [3.63, 3.8) is 0 Å². The average Bonchev–Trinajstić information content (AvgIpc) is 2.70. The minimum atomic E-state index is 0.676. The number of hydrogen-bond acceptors (Lipinski definition) is 2.